The van der Waals surface area contributed by atoms with Crippen LogP contribution in [0.3, 0.4) is 0 Å². The predicted octanol–water partition coefficient (Wildman–Crippen LogP) is 2.91. The second-order valence-corrected chi connectivity index (χ2v) is 6.89. The summed E-state index contributed by atoms with van der Waals surface area (Å²) in [5, 5.41) is 0. The predicted molar refractivity (Wildman–Crippen MR) is 96.5 cm³/mol. The van der Waals surface area contributed by atoms with Crippen LogP contribution in [-0.4, -0.2) is 46.8 Å². The molecule has 0 aromatic heterocycles. The maximum atomic E-state index is 13.3. The van der Waals surface area contributed by atoms with Crippen molar-refractivity contribution in [2.45, 2.75) is 6.04 Å². The van der Waals surface area contributed by atoms with Crippen molar-refractivity contribution < 1.29 is 14.0 Å². The molecule has 1 fully saturated rings. The zero-order valence-corrected chi connectivity index (χ0v) is 14.7. The lowest BCUT2D eigenvalue weighted by atomic mass is 9.97. The molecule has 1 unspecified atom stereocenters. The largest absolute Gasteiger partial charge is 0.333 e. The van der Waals surface area contributed by atoms with Crippen LogP contribution >= 0.6 is 11.8 Å². The van der Waals surface area contributed by atoms with Gasteiger partial charge >= 0.3 is 0 Å². The Morgan fingerprint density at radius 1 is 1.16 bits per heavy atom. The third-order valence-electron chi connectivity index (χ3n) is 4.23. The Morgan fingerprint density at radius 3 is 2.40 bits per heavy atom. The van der Waals surface area contributed by atoms with Gasteiger partial charge in [-0.1, -0.05) is 42.5 Å². The molecule has 1 saturated heterocycles. The summed E-state index contributed by atoms with van der Waals surface area (Å²) in [7, 11) is 1.72. The molecule has 1 heterocycles. The number of halogens is 1. The van der Waals surface area contributed by atoms with Crippen molar-refractivity contribution in [3.63, 3.8) is 0 Å². The molecule has 0 bridgehead atoms. The van der Waals surface area contributed by atoms with Crippen molar-refractivity contribution >= 4 is 23.6 Å². The number of carbonyl (C=O) groups is 2. The van der Waals surface area contributed by atoms with Crippen molar-refractivity contribution in [1.82, 2.24) is 9.80 Å². The Hall–Kier alpha value is -2.34. The molecule has 2 aromatic carbocycles. The lowest BCUT2D eigenvalue weighted by Gasteiger charge is -2.30. The summed E-state index contributed by atoms with van der Waals surface area (Å²) in [6.45, 7) is 0.0624. The van der Waals surface area contributed by atoms with E-state index >= 15 is 0 Å². The molecule has 130 valence electrons. The van der Waals surface area contributed by atoms with Crippen LogP contribution in [0.4, 0.5) is 4.39 Å². The van der Waals surface area contributed by atoms with Gasteiger partial charge < -0.3 is 9.80 Å². The Bertz CT molecular complexity index is 752. The van der Waals surface area contributed by atoms with Crippen LogP contribution in [0.15, 0.2) is 54.6 Å². The van der Waals surface area contributed by atoms with Crippen molar-refractivity contribution in [3.05, 3.63) is 71.5 Å². The summed E-state index contributed by atoms with van der Waals surface area (Å²) >= 11 is 1.51. The van der Waals surface area contributed by atoms with E-state index in [-0.39, 0.29) is 30.2 Å². The maximum absolute atomic E-state index is 13.3. The molecule has 0 spiro atoms. The summed E-state index contributed by atoms with van der Waals surface area (Å²) in [6, 6.07) is 15.4. The zero-order chi connectivity index (χ0) is 17.8. The molecule has 2 aromatic rings. The van der Waals surface area contributed by atoms with Crippen molar-refractivity contribution in [2.75, 3.05) is 25.2 Å². The topological polar surface area (TPSA) is 40.6 Å². The van der Waals surface area contributed by atoms with Gasteiger partial charge in [0, 0.05) is 7.05 Å². The third kappa shape index (κ3) is 4.02. The summed E-state index contributed by atoms with van der Waals surface area (Å²) in [5.41, 5.74) is 1.76. The molecule has 0 aliphatic carbocycles. The van der Waals surface area contributed by atoms with E-state index in [1.807, 2.05) is 30.3 Å². The van der Waals surface area contributed by atoms with E-state index in [1.165, 1.54) is 23.9 Å². The van der Waals surface area contributed by atoms with Gasteiger partial charge in [-0.15, -0.1) is 11.8 Å². The third-order valence-corrected chi connectivity index (χ3v) is 5.18. The molecule has 2 amide bonds. The molecular formula is C19H19FN2O2S. The Morgan fingerprint density at radius 2 is 1.80 bits per heavy atom. The van der Waals surface area contributed by atoms with Crippen molar-refractivity contribution in [3.8, 4) is 0 Å². The van der Waals surface area contributed by atoms with E-state index in [9.17, 15) is 14.0 Å². The molecule has 0 saturated carbocycles. The minimum Gasteiger partial charge on any atom is -0.333 e. The number of rotatable bonds is 5. The summed E-state index contributed by atoms with van der Waals surface area (Å²) in [6.07, 6.45) is 0. The van der Waals surface area contributed by atoms with Gasteiger partial charge in [0.1, 0.15) is 12.4 Å². The zero-order valence-electron chi connectivity index (χ0n) is 13.9. The molecule has 1 aliphatic heterocycles. The number of hydrogen-bond donors (Lipinski definition) is 0. The molecule has 1 atom stereocenters. The van der Waals surface area contributed by atoms with Gasteiger partial charge in [0.05, 0.1) is 17.7 Å². The van der Waals surface area contributed by atoms with E-state index in [0.29, 0.717) is 11.6 Å². The number of carbonyl (C=O) groups excluding carboxylic acids is 2. The van der Waals surface area contributed by atoms with E-state index in [4.69, 9.17) is 0 Å². The van der Waals surface area contributed by atoms with Crippen molar-refractivity contribution in [1.29, 1.82) is 0 Å². The number of benzene rings is 2. The molecule has 0 radical (unpaired) electrons. The smallest absolute Gasteiger partial charge is 0.242 e. The molecule has 0 N–H and O–H groups in total. The van der Waals surface area contributed by atoms with E-state index in [2.05, 4.69) is 0 Å². The van der Waals surface area contributed by atoms with Crippen LogP contribution in [0.1, 0.15) is 17.2 Å². The van der Waals surface area contributed by atoms with Gasteiger partial charge in [0.25, 0.3) is 0 Å². The maximum Gasteiger partial charge on any atom is 0.242 e. The monoisotopic (exact) mass is 358 g/mol. The highest BCUT2D eigenvalue weighted by molar-refractivity contribution is 8.00. The second-order valence-electron chi connectivity index (χ2n) is 5.94. The highest BCUT2D eigenvalue weighted by Gasteiger charge is 2.28. The fourth-order valence-corrected chi connectivity index (χ4v) is 3.78. The van der Waals surface area contributed by atoms with Gasteiger partial charge in [-0.25, -0.2) is 4.39 Å². The first-order valence-electron chi connectivity index (χ1n) is 7.98. The normalized spacial score (nSPS) is 15.3. The Labute approximate surface area is 150 Å². The first-order chi connectivity index (χ1) is 12.1. The summed E-state index contributed by atoms with van der Waals surface area (Å²) < 4.78 is 13.3. The van der Waals surface area contributed by atoms with Crippen LogP contribution < -0.4 is 0 Å². The first kappa shape index (κ1) is 17.5. The molecule has 4 nitrogen and oxygen atoms in total. The van der Waals surface area contributed by atoms with Gasteiger partial charge in [0.2, 0.25) is 11.8 Å². The van der Waals surface area contributed by atoms with Gasteiger partial charge in [-0.2, -0.15) is 0 Å². The lowest BCUT2D eigenvalue weighted by Crippen LogP contribution is -2.41. The minimum atomic E-state index is -0.334. The number of hydrogen-bond acceptors (Lipinski definition) is 3. The SMILES string of the molecule is CN(C(=O)CN1CSCC1=O)C(c1ccccc1)c1ccc(F)cc1. The fourth-order valence-electron chi connectivity index (χ4n) is 2.88. The fraction of sp³-hybridized carbons (Fsp3) is 0.263. The molecule has 25 heavy (non-hydrogen) atoms. The van der Waals surface area contributed by atoms with Gasteiger partial charge in [-0.3, -0.25) is 9.59 Å². The average molecular weight is 358 g/mol. The minimum absolute atomic E-state index is 0.00945. The number of nitrogens with zero attached hydrogens (tertiary/aromatic N) is 2. The van der Waals surface area contributed by atoms with Crippen LogP contribution in [0.25, 0.3) is 0 Å². The van der Waals surface area contributed by atoms with Crippen LogP contribution in [0.2, 0.25) is 0 Å². The standard InChI is InChI=1S/C19H19FN2O2S/c1-21(17(23)11-22-13-25-12-18(22)24)19(14-5-3-2-4-6-14)15-7-9-16(20)10-8-15/h2-10,19H,11-13H2,1H3. The number of thioether (sulfide) groups is 1. The lowest BCUT2D eigenvalue weighted by molar-refractivity contribution is -0.138. The van der Waals surface area contributed by atoms with E-state index in [0.717, 1.165) is 11.1 Å². The van der Waals surface area contributed by atoms with Crippen LogP contribution in [0.5, 0.6) is 0 Å². The number of amides is 2. The quantitative estimate of drug-likeness (QED) is 0.825. The van der Waals surface area contributed by atoms with Gasteiger partial charge in [0.15, 0.2) is 0 Å². The second kappa shape index (κ2) is 7.70. The number of likely N-dealkylation sites (N-methyl/N-ethyl adjacent to an activating group) is 1. The highest BCUT2D eigenvalue weighted by atomic mass is 32.2. The first-order valence-corrected chi connectivity index (χ1v) is 9.13. The van der Waals surface area contributed by atoms with Crippen LogP contribution in [0, 0.1) is 5.82 Å². The summed E-state index contributed by atoms with van der Waals surface area (Å²) in [4.78, 5) is 27.7. The molecule has 1 aliphatic rings. The summed E-state index contributed by atoms with van der Waals surface area (Å²) in [5.74, 6) is 0.505. The van der Waals surface area contributed by atoms with Gasteiger partial charge in [-0.05, 0) is 23.3 Å². The van der Waals surface area contributed by atoms with E-state index < -0.39 is 0 Å². The molecular weight excluding hydrogens is 339 g/mol. The Kier molecular flexibility index (Phi) is 5.38. The van der Waals surface area contributed by atoms with Crippen LogP contribution in [-0.2, 0) is 9.59 Å². The highest BCUT2D eigenvalue weighted by Crippen LogP contribution is 2.28. The molecule has 3 rings (SSSR count). The molecule has 6 heteroatoms. The van der Waals surface area contributed by atoms with E-state index in [1.54, 1.807) is 29.0 Å². The Balaban J connectivity index is 1.86. The average Bonchev–Trinajstić information content (AvgIpc) is 3.02. The van der Waals surface area contributed by atoms with Crippen molar-refractivity contribution in [2.24, 2.45) is 0 Å².